The SMILES string of the molecule is Cc1c(OC(=O)N[C@@H](Cc2ccccc2)[C@H](O)CN(CC(C)C)S(=O)(=O)c2ccc([N+](=O)[O-])cc2)c(=O)oc2ccccc12. The molecule has 0 bridgehead atoms. The molecule has 3 aromatic carbocycles. The molecule has 0 fully saturated rings. The fourth-order valence-electron chi connectivity index (χ4n) is 4.73. The summed E-state index contributed by atoms with van der Waals surface area (Å²) in [6.07, 6.45) is -2.36. The summed E-state index contributed by atoms with van der Waals surface area (Å²) in [5.74, 6) is -0.452. The number of nitrogens with one attached hydrogen (secondary N) is 1. The monoisotopic (exact) mass is 623 g/mol. The number of nitro groups is 1. The number of non-ortho nitro benzene ring substituents is 1. The molecule has 44 heavy (non-hydrogen) atoms. The number of hydrogen-bond acceptors (Lipinski definition) is 9. The lowest BCUT2D eigenvalue weighted by molar-refractivity contribution is -0.384. The van der Waals surface area contributed by atoms with Crippen LogP contribution >= 0.6 is 0 Å². The van der Waals surface area contributed by atoms with Crippen LogP contribution in [0.3, 0.4) is 0 Å². The van der Waals surface area contributed by atoms with Crippen LogP contribution in [0.5, 0.6) is 5.75 Å². The van der Waals surface area contributed by atoms with E-state index in [0.717, 1.165) is 34.1 Å². The van der Waals surface area contributed by atoms with E-state index in [9.17, 15) is 33.2 Å². The summed E-state index contributed by atoms with van der Waals surface area (Å²) >= 11 is 0. The Morgan fingerprint density at radius 2 is 1.66 bits per heavy atom. The van der Waals surface area contributed by atoms with E-state index in [1.807, 2.05) is 0 Å². The topological polar surface area (TPSA) is 169 Å². The van der Waals surface area contributed by atoms with Crippen molar-refractivity contribution in [1.29, 1.82) is 0 Å². The molecule has 1 amide bonds. The van der Waals surface area contributed by atoms with Crippen molar-refractivity contribution >= 4 is 32.8 Å². The lowest BCUT2D eigenvalue weighted by Gasteiger charge is -2.30. The van der Waals surface area contributed by atoms with Gasteiger partial charge in [0.05, 0.1) is 22.0 Å². The maximum absolute atomic E-state index is 13.6. The van der Waals surface area contributed by atoms with Gasteiger partial charge in [-0.15, -0.1) is 0 Å². The molecule has 1 heterocycles. The molecule has 232 valence electrons. The zero-order chi connectivity index (χ0) is 32.0. The molecular formula is C31H33N3O9S. The molecule has 1 aromatic heterocycles. The largest absolute Gasteiger partial charge is 0.420 e. The average molecular weight is 624 g/mol. The Hall–Kier alpha value is -4.59. The number of nitro benzene ring substituents is 1. The minimum absolute atomic E-state index is 0.0240. The highest BCUT2D eigenvalue weighted by atomic mass is 32.2. The van der Waals surface area contributed by atoms with Gasteiger partial charge in [0.15, 0.2) is 0 Å². The van der Waals surface area contributed by atoms with Crippen molar-refractivity contribution in [2.24, 2.45) is 5.92 Å². The van der Waals surface area contributed by atoms with E-state index in [1.165, 1.54) is 0 Å². The summed E-state index contributed by atoms with van der Waals surface area (Å²) in [4.78, 5) is 36.0. The highest BCUT2D eigenvalue weighted by Gasteiger charge is 2.32. The van der Waals surface area contributed by atoms with Gasteiger partial charge in [0.25, 0.3) is 5.69 Å². The van der Waals surface area contributed by atoms with E-state index in [0.29, 0.717) is 16.5 Å². The van der Waals surface area contributed by atoms with Crippen molar-refractivity contribution in [3.8, 4) is 5.75 Å². The minimum Gasteiger partial charge on any atom is -0.420 e. The van der Waals surface area contributed by atoms with Crippen LogP contribution in [0, 0.1) is 23.0 Å². The Morgan fingerprint density at radius 1 is 1.02 bits per heavy atom. The molecular weight excluding hydrogens is 590 g/mol. The van der Waals surface area contributed by atoms with E-state index in [4.69, 9.17) is 9.15 Å². The number of carbonyl (C=O) groups excluding carboxylic acids is 1. The number of aliphatic hydroxyl groups is 1. The van der Waals surface area contributed by atoms with Gasteiger partial charge in [0.2, 0.25) is 15.8 Å². The van der Waals surface area contributed by atoms with Crippen molar-refractivity contribution in [3.63, 3.8) is 0 Å². The summed E-state index contributed by atoms with van der Waals surface area (Å²) in [6, 6.07) is 19.2. The van der Waals surface area contributed by atoms with Crippen LogP contribution in [0.2, 0.25) is 0 Å². The summed E-state index contributed by atoms with van der Waals surface area (Å²) in [5, 5.41) is 25.6. The normalized spacial score (nSPS) is 13.1. The quantitative estimate of drug-likeness (QED) is 0.132. The number of amides is 1. The number of ether oxygens (including phenoxy) is 1. The van der Waals surface area contributed by atoms with Crippen LogP contribution in [-0.2, 0) is 16.4 Å². The molecule has 0 radical (unpaired) electrons. The fourth-order valence-corrected chi connectivity index (χ4v) is 6.35. The lowest BCUT2D eigenvalue weighted by atomic mass is 10.0. The van der Waals surface area contributed by atoms with Crippen molar-refractivity contribution in [2.45, 2.75) is 44.2 Å². The molecule has 0 aliphatic rings. The zero-order valence-corrected chi connectivity index (χ0v) is 25.2. The van der Waals surface area contributed by atoms with Crippen LogP contribution in [-0.4, -0.2) is 54.1 Å². The molecule has 2 atom stereocenters. The highest BCUT2D eigenvalue weighted by Crippen LogP contribution is 2.24. The second kappa shape index (κ2) is 13.8. The number of carbonyl (C=O) groups is 1. The Kier molecular flexibility index (Phi) is 10.1. The Morgan fingerprint density at radius 3 is 2.30 bits per heavy atom. The summed E-state index contributed by atoms with van der Waals surface area (Å²) in [7, 11) is -4.20. The zero-order valence-electron chi connectivity index (χ0n) is 24.4. The van der Waals surface area contributed by atoms with E-state index in [-0.39, 0.29) is 35.2 Å². The smallest absolute Gasteiger partial charge is 0.413 e. The first-order valence-corrected chi connectivity index (χ1v) is 15.3. The first kappa shape index (κ1) is 32.3. The van der Waals surface area contributed by atoms with E-state index < -0.39 is 45.4 Å². The first-order valence-electron chi connectivity index (χ1n) is 13.8. The van der Waals surface area contributed by atoms with Gasteiger partial charge in [-0.3, -0.25) is 10.1 Å². The van der Waals surface area contributed by atoms with Crippen molar-refractivity contribution in [3.05, 3.63) is 111 Å². The minimum atomic E-state index is -4.20. The highest BCUT2D eigenvalue weighted by molar-refractivity contribution is 7.89. The number of hydrogen-bond donors (Lipinski definition) is 2. The van der Waals surface area contributed by atoms with Crippen LogP contribution in [0.4, 0.5) is 10.5 Å². The fraction of sp³-hybridized carbons (Fsp3) is 0.290. The summed E-state index contributed by atoms with van der Waals surface area (Å²) < 4.78 is 39.0. The number of aryl methyl sites for hydroxylation is 1. The Labute approximate surface area is 254 Å². The predicted octanol–water partition coefficient (Wildman–Crippen LogP) is 4.42. The number of aliphatic hydroxyl groups excluding tert-OH is 1. The number of sulfonamides is 1. The van der Waals surface area contributed by atoms with Gasteiger partial charge >= 0.3 is 11.7 Å². The average Bonchev–Trinajstić information content (AvgIpc) is 2.99. The molecule has 0 unspecified atom stereocenters. The van der Waals surface area contributed by atoms with E-state index in [1.54, 1.807) is 75.4 Å². The third kappa shape index (κ3) is 7.67. The number of para-hydroxylation sites is 1. The Balaban J connectivity index is 1.60. The molecule has 0 aliphatic heterocycles. The third-order valence-electron chi connectivity index (χ3n) is 6.93. The molecule has 4 rings (SSSR count). The third-order valence-corrected chi connectivity index (χ3v) is 8.77. The first-order chi connectivity index (χ1) is 20.9. The van der Waals surface area contributed by atoms with Gasteiger partial charge < -0.3 is 19.6 Å². The predicted molar refractivity (Wildman–Crippen MR) is 163 cm³/mol. The van der Waals surface area contributed by atoms with Crippen LogP contribution in [0.1, 0.15) is 25.0 Å². The van der Waals surface area contributed by atoms with Crippen molar-refractivity contribution in [1.82, 2.24) is 9.62 Å². The molecule has 2 N–H and O–H groups in total. The second-order valence-electron chi connectivity index (χ2n) is 10.7. The van der Waals surface area contributed by atoms with Gasteiger partial charge in [-0.25, -0.2) is 18.0 Å². The number of benzene rings is 3. The van der Waals surface area contributed by atoms with Crippen LogP contribution in [0.25, 0.3) is 11.0 Å². The van der Waals surface area contributed by atoms with Crippen molar-refractivity contribution < 1.29 is 32.4 Å². The Bertz CT molecular complexity index is 1790. The molecule has 4 aromatic rings. The van der Waals surface area contributed by atoms with Gasteiger partial charge in [-0.1, -0.05) is 62.4 Å². The van der Waals surface area contributed by atoms with Gasteiger partial charge in [0.1, 0.15) is 5.58 Å². The standard InChI is InChI=1S/C31H33N3O9S/c1-20(2)18-33(44(40,41)24-15-13-23(14-16-24)34(38)39)19-27(35)26(17-22-9-5-4-6-10-22)32-31(37)43-29-21(3)25-11-7-8-12-28(25)42-30(29)36/h4-16,20,26-27,35H,17-19H2,1-3H3,(H,32,37)/t26-,27+/m0/s1. The molecule has 13 heteroatoms. The number of rotatable bonds is 12. The maximum atomic E-state index is 13.6. The van der Waals surface area contributed by atoms with Crippen molar-refractivity contribution in [2.75, 3.05) is 13.1 Å². The molecule has 0 aliphatic carbocycles. The lowest BCUT2D eigenvalue weighted by Crippen LogP contribution is -2.51. The molecule has 12 nitrogen and oxygen atoms in total. The van der Waals surface area contributed by atoms with E-state index >= 15 is 0 Å². The van der Waals surface area contributed by atoms with Crippen LogP contribution in [0.15, 0.2) is 93.0 Å². The molecule has 0 saturated heterocycles. The summed E-state index contributed by atoms with van der Waals surface area (Å²) in [6.45, 7) is 4.84. The summed E-state index contributed by atoms with van der Waals surface area (Å²) in [5.41, 5.74) is 0.352. The van der Waals surface area contributed by atoms with E-state index in [2.05, 4.69) is 5.32 Å². The maximum Gasteiger partial charge on any atom is 0.413 e. The number of fused-ring (bicyclic) bond motifs is 1. The van der Waals surface area contributed by atoms with Crippen LogP contribution < -0.4 is 15.7 Å². The second-order valence-corrected chi connectivity index (χ2v) is 12.6. The van der Waals surface area contributed by atoms with Gasteiger partial charge in [-0.2, -0.15) is 4.31 Å². The molecule has 0 saturated carbocycles. The molecule has 0 spiro atoms. The van der Waals surface area contributed by atoms with Gasteiger partial charge in [-0.05, 0) is 43.0 Å². The van der Waals surface area contributed by atoms with Gasteiger partial charge in [0, 0.05) is 36.2 Å². The number of nitrogens with zero attached hydrogens (tertiary/aromatic N) is 2.